The van der Waals surface area contributed by atoms with Gasteiger partial charge in [-0.3, -0.25) is 0 Å². The van der Waals surface area contributed by atoms with Crippen LogP contribution in [-0.4, -0.2) is 11.7 Å². The summed E-state index contributed by atoms with van der Waals surface area (Å²) < 4.78 is 69.0. The first-order chi connectivity index (χ1) is 17.8. The predicted octanol–water partition coefficient (Wildman–Crippen LogP) is 7.77. The lowest BCUT2D eigenvalue weighted by atomic mass is 9.97. The van der Waals surface area contributed by atoms with Gasteiger partial charge in [-0.25, -0.2) is 13.2 Å². The number of benzene rings is 4. The molecule has 0 amide bonds. The summed E-state index contributed by atoms with van der Waals surface area (Å²) in [5.74, 6) is -4.05. The van der Waals surface area contributed by atoms with Crippen molar-refractivity contribution in [2.75, 3.05) is 6.61 Å². The monoisotopic (exact) mass is 508 g/mol. The fourth-order valence-corrected chi connectivity index (χ4v) is 3.77. The van der Waals surface area contributed by atoms with Gasteiger partial charge >= 0.3 is 0 Å². The molecular weight excluding hydrogens is 484 g/mol. The molecule has 0 aliphatic rings. The van der Waals surface area contributed by atoms with Gasteiger partial charge in [-0.1, -0.05) is 61.2 Å². The van der Waals surface area contributed by atoms with Crippen molar-refractivity contribution in [3.63, 3.8) is 0 Å². The van der Waals surface area contributed by atoms with E-state index in [0.717, 1.165) is 0 Å². The maximum absolute atomic E-state index is 15.0. The Morgan fingerprint density at radius 1 is 0.730 bits per heavy atom. The zero-order valence-corrected chi connectivity index (χ0v) is 20.0. The Kier molecular flexibility index (Phi) is 7.94. The van der Waals surface area contributed by atoms with Crippen LogP contribution in [0.4, 0.5) is 17.6 Å². The summed E-state index contributed by atoms with van der Waals surface area (Å²) in [5, 5.41) is 9.63. The third kappa shape index (κ3) is 5.67. The standard InChI is InChI=1S/C30H24F4O3/c1-3-16-36-26-15-10-22(27(31)30(26)34)17-37-23-11-8-21(9-12-23)25-14-13-24(28(32)29(25)33)20-6-4-19(5-7-20)18(2)35/h3-15,18,35H,1,16-17H2,2H3. The average Bonchev–Trinajstić information content (AvgIpc) is 2.91. The van der Waals surface area contributed by atoms with Gasteiger partial charge in [0.25, 0.3) is 0 Å². The van der Waals surface area contributed by atoms with Crippen LogP contribution in [0.3, 0.4) is 0 Å². The van der Waals surface area contributed by atoms with Gasteiger partial charge in [0.1, 0.15) is 19.0 Å². The van der Waals surface area contributed by atoms with E-state index in [-0.39, 0.29) is 35.7 Å². The van der Waals surface area contributed by atoms with Crippen LogP contribution in [0.1, 0.15) is 24.2 Å². The first kappa shape index (κ1) is 26.0. The van der Waals surface area contributed by atoms with Crippen LogP contribution in [0.2, 0.25) is 0 Å². The highest BCUT2D eigenvalue weighted by Gasteiger charge is 2.17. The molecule has 1 N–H and O–H groups in total. The molecule has 3 nitrogen and oxygen atoms in total. The number of halogens is 4. The largest absolute Gasteiger partial charge is 0.489 e. The van der Waals surface area contributed by atoms with Gasteiger partial charge in [0, 0.05) is 16.7 Å². The minimum atomic E-state index is -1.11. The Hall–Kier alpha value is -4.10. The molecular formula is C30H24F4O3. The predicted molar refractivity (Wildman–Crippen MR) is 134 cm³/mol. The molecule has 0 saturated heterocycles. The third-order valence-corrected chi connectivity index (χ3v) is 5.83. The number of hydrogen-bond donors (Lipinski definition) is 1. The number of ether oxygens (including phenoxy) is 2. The van der Waals surface area contributed by atoms with E-state index in [0.29, 0.717) is 22.4 Å². The number of aliphatic hydroxyl groups excluding tert-OH is 1. The first-order valence-electron chi connectivity index (χ1n) is 11.5. The van der Waals surface area contributed by atoms with E-state index in [4.69, 9.17) is 9.47 Å². The van der Waals surface area contributed by atoms with E-state index in [1.54, 1.807) is 43.3 Å². The minimum absolute atomic E-state index is 0.00212. The molecule has 37 heavy (non-hydrogen) atoms. The van der Waals surface area contributed by atoms with Gasteiger partial charge in [-0.15, -0.1) is 0 Å². The molecule has 0 saturated carbocycles. The number of aliphatic hydroxyl groups is 1. The van der Waals surface area contributed by atoms with Crippen LogP contribution in [0.25, 0.3) is 22.3 Å². The van der Waals surface area contributed by atoms with Crippen LogP contribution in [0, 0.1) is 23.3 Å². The van der Waals surface area contributed by atoms with Gasteiger partial charge in [0.05, 0.1) is 6.10 Å². The van der Waals surface area contributed by atoms with Crippen molar-refractivity contribution in [3.8, 4) is 33.8 Å². The zero-order chi connectivity index (χ0) is 26.5. The molecule has 0 bridgehead atoms. The van der Waals surface area contributed by atoms with Crippen LogP contribution in [0.5, 0.6) is 11.5 Å². The molecule has 4 aromatic carbocycles. The SMILES string of the molecule is C=CCOc1ccc(COc2ccc(-c3ccc(-c4ccc(C(C)O)cc4)c(F)c3F)cc2)c(F)c1F. The van der Waals surface area contributed by atoms with Crippen molar-refractivity contribution in [3.05, 3.63) is 120 Å². The van der Waals surface area contributed by atoms with E-state index in [2.05, 4.69) is 6.58 Å². The number of hydrogen-bond acceptors (Lipinski definition) is 3. The topological polar surface area (TPSA) is 38.7 Å². The van der Waals surface area contributed by atoms with E-state index >= 15 is 0 Å². The Labute approximate surface area is 212 Å². The quantitative estimate of drug-likeness (QED) is 0.185. The Bertz CT molecular complexity index is 1400. The molecule has 0 aliphatic carbocycles. The Morgan fingerprint density at radius 3 is 1.84 bits per heavy atom. The summed E-state index contributed by atoms with van der Waals surface area (Å²) in [4.78, 5) is 0. The smallest absolute Gasteiger partial charge is 0.201 e. The Balaban J connectivity index is 1.48. The van der Waals surface area contributed by atoms with Crippen LogP contribution >= 0.6 is 0 Å². The highest BCUT2D eigenvalue weighted by atomic mass is 19.2. The molecule has 0 fully saturated rings. The van der Waals surface area contributed by atoms with Crippen molar-refractivity contribution < 1.29 is 32.1 Å². The zero-order valence-electron chi connectivity index (χ0n) is 20.0. The van der Waals surface area contributed by atoms with Crippen molar-refractivity contribution in [1.82, 2.24) is 0 Å². The molecule has 4 rings (SSSR count). The maximum Gasteiger partial charge on any atom is 0.201 e. The van der Waals surface area contributed by atoms with Gasteiger partial charge in [-0.2, -0.15) is 4.39 Å². The van der Waals surface area contributed by atoms with Gasteiger partial charge in [0.15, 0.2) is 23.2 Å². The molecule has 0 radical (unpaired) electrons. The molecule has 4 aromatic rings. The molecule has 0 aliphatic heterocycles. The molecule has 0 heterocycles. The van der Waals surface area contributed by atoms with Gasteiger partial charge in [-0.05, 0) is 47.9 Å². The second-order valence-electron chi connectivity index (χ2n) is 8.35. The highest BCUT2D eigenvalue weighted by molar-refractivity contribution is 5.72. The molecule has 1 atom stereocenters. The summed E-state index contributed by atoms with van der Waals surface area (Å²) in [5.41, 5.74) is 1.75. The van der Waals surface area contributed by atoms with Crippen molar-refractivity contribution >= 4 is 0 Å². The number of rotatable bonds is 9. The van der Waals surface area contributed by atoms with Crippen LogP contribution in [-0.2, 0) is 6.61 Å². The molecule has 0 spiro atoms. The molecule has 190 valence electrons. The van der Waals surface area contributed by atoms with Crippen molar-refractivity contribution in [2.24, 2.45) is 0 Å². The summed E-state index contributed by atoms with van der Waals surface area (Å²) >= 11 is 0. The lowest BCUT2D eigenvalue weighted by molar-refractivity contribution is 0.199. The first-order valence-corrected chi connectivity index (χ1v) is 11.5. The average molecular weight is 509 g/mol. The normalized spacial score (nSPS) is 11.7. The van der Waals surface area contributed by atoms with E-state index in [9.17, 15) is 22.7 Å². The molecule has 7 heteroatoms. The highest BCUT2D eigenvalue weighted by Crippen LogP contribution is 2.33. The van der Waals surface area contributed by atoms with Crippen molar-refractivity contribution in [2.45, 2.75) is 19.6 Å². The third-order valence-electron chi connectivity index (χ3n) is 5.83. The van der Waals surface area contributed by atoms with Gasteiger partial charge < -0.3 is 14.6 Å². The molecule has 0 aromatic heterocycles. The molecule has 1 unspecified atom stereocenters. The fraction of sp³-hybridized carbons (Fsp3) is 0.133. The maximum atomic E-state index is 15.0. The van der Waals surface area contributed by atoms with Crippen LogP contribution in [0.15, 0.2) is 85.5 Å². The summed E-state index contributed by atoms with van der Waals surface area (Å²) in [6, 6.07) is 18.4. The lowest BCUT2D eigenvalue weighted by Gasteiger charge is -2.12. The minimum Gasteiger partial charge on any atom is -0.489 e. The van der Waals surface area contributed by atoms with E-state index < -0.39 is 29.4 Å². The summed E-state index contributed by atoms with van der Waals surface area (Å²) in [6.07, 6.45) is 0.762. The van der Waals surface area contributed by atoms with Gasteiger partial charge in [0.2, 0.25) is 5.82 Å². The van der Waals surface area contributed by atoms with Crippen LogP contribution < -0.4 is 9.47 Å². The lowest BCUT2D eigenvalue weighted by Crippen LogP contribution is -2.04. The van der Waals surface area contributed by atoms with E-state index in [1.807, 2.05) is 0 Å². The second-order valence-corrected chi connectivity index (χ2v) is 8.35. The fourth-order valence-electron chi connectivity index (χ4n) is 3.77. The van der Waals surface area contributed by atoms with E-state index in [1.165, 1.54) is 42.5 Å². The Morgan fingerprint density at radius 2 is 1.30 bits per heavy atom. The summed E-state index contributed by atoms with van der Waals surface area (Å²) in [6.45, 7) is 4.88. The van der Waals surface area contributed by atoms with Crippen molar-refractivity contribution in [1.29, 1.82) is 0 Å². The summed E-state index contributed by atoms with van der Waals surface area (Å²) in [7, 11) is 0. The second kappa shape index (κ2) is 11.3.